The number of hydrogen-bond acceptors (Lipinski definition) is 36. The minimum atomic E-state index is -2.81. The first-order valence-electron chi connectivity index (χ1n) is 42.5. The van der Waals surface area contributed by atoms with Crippen LogP contribution in [0.4, 0.5) is 9.59 Å². The number of esters is 2. The summed E-state index contributed by atoms with van der Waals surface area (Å²) < 4.78 is 19.8. The Bertz CT molecular complexity index is 5860. The lowest BCUT2D eigenvalue weighted by molar-refractivity contribution is -0.162. The van der Waals surface area contributed by atoms with Crippen molar-refractivity contribution in [3.05, 3.63) is 162 Å². The lowest BCUT2D eigenvalue weighted by Gasteiger charge is -2.50. The van der Waals surface area contributed by atoms with E-state index in [-0.39, 0.29) is 131 Å². The van der Waals surface area contributed by atoms with Gasteiger partial charge in [0.1, 0.15) is 68.5 Å². The molecule has 0 spiro atoms. The molecule has 10 aliphatic rings. The minimum absolute atomic E-state index is 0.00753. The molecule has 0 radical (unpaired) electrons. The topological polar surface area (TPSA) is 650 Å². The van der Waals surface area contributed by atoms with E-state index in [1.165, 1.54) is 94.4 Å². The van der Waals surface area contributed by atoms with Crippen LogP contribution in [0.1, 0.15) is 139 Å². The molecule has 718 valence electrons. The maximum absolute atomic E-state index is 14.0. The number of ether oxygens (including phenoxy) is 4. The number of carbonyl (C=O) groups is 16. The van der Waals surface area contributed by atoms with Crippen LogP contribution >= 0.6 is 0 Å². The second-order valence-electron chi connectivity index (χ2n) is 37.6. The maximum atomic E-state index is 14.0. The summed E-state index contributed by atoms with van der Waals surface area (Å²) in [6.07, 6.45) is 2.87. The van der Waals surface area contributed by atoms with Gasteiger partial charge in [-0.2, -0.15) is 0 Å². The van der Waals surface area contributed by atoms with E-state index < -0.39 is 259 Å². The Morgan fingerprint density at radius 1 is 0.448 bits per heavy atom. The molecule has 2 unspecified atom stereocenters. The number of hydrogen-bond donors (Lipinski definition) is 15. The first-order chi connectivity index (χ1) is 62.2. The van der Waals surface area contributed by atoms with Crippen molar-refractivity contribution in [2.45, 2.75) is 141 Å². The van der Waals surface area contributed by atoms with Gasteiger partial charge in [0.2, 0.25) is 30.9 Å². The summed E-state index contributed by atoms with van der Waals surface area (Å²) >= 11 is 0. The Hall–Kier alpha value is -13.6. The van der Waals surface area contributed by atoms with Gasteiger partial charge in [0.25, 0.3) is 17.7 Å². The van der Waals surface area contributed by atoms with Crippen LogP contribution in [0.2, 0.25) is 0 Å². The molecule has 41 heteroatoms. The number of aliphatic hydroxyl groups excluding tert-OH is 6. The standard InChI is InChI=1S/C33H39N3O12.C31H37N3O12.C29H33N3O8/c1-7-10-36(31(45)48-14-47-30(44)32(2,3)4)13-20(38)16-8-9-19(37)22-17(16)11-15-12-18-24(35(5)6)26(40)23(29(34)43)28(42)33(18,46)27(41)21(15)25(22)39;1-30(2,3)28(42)45-12-46-29(43)34(6)11-18(36)14-7-8-17(35)20-15(14)9-13-10-16-22(33(4)5)24(38)21(27(32)41)26(40)31(16,44)25(39)19(13)23(20)37;1-12-5-6-13(2)32(12)11-19(34)15-7-8-18(33)21-16(15)9-14-10-17-23(31(3)4)25(36)22(28(30)39)27(38)29(17,40)26(37)20(14)24(21)35/h7-9,15,18,24,37,39,42,46H,1,10-14H2,2-6H3,(H2,34,43);7-8,13,16,22,35,37,40,44H,9-12H2,1-6H3,(H2,32,41);5-8,12-14,17,23,33,35,38,40H,9-11H2,1-4H3,(H2,30,39)/t15-,18-,24-,33-;13-,16-,22-,31-;12?,13?,14-,17-,23+,29-/m000/s1. The summed E-state index contributed by atoms with van der Waals surface area (Å²) in [4.78, 5) is 216. The predicted octanol–water partition coefficient (Wildman–Crippen LogP) is 2.88. The van der Waals surface area contributed by atoms with Crippen molar-refractivity contribution in [3.8, 4) is 17.2 Å². The maximum Gasteiger partial charge on any atom is 0.413 e. The zero-order chi connectivity index (χ0) is 100. The van der Waals surface area contributed by atoms with E-state index in [0.717, 1.165) is 21.9 Å². The molecule has 5 amide bonds. The summed E-state index contributed by atoms with van der Waals surface area (Å²) in [6, 6.07) is 3.98. The zero-order valence-electron chi connectivity index (χ0n) is 76.2. The molecule has 0 aromatic heterocycles. The summed E-state index contributed by atoms with van der Waals surface area (Å²) in [7, 11) is 10.3. The fourth-order valence-electron chi connectivity index (χ4n) is 19.9. The highest BCUT2D eigenvalue weighted by Crippen LogP contribution is 2.58. The first-order valence-corrected chi connectivity index (χ1v) is 42.5. The number of phenolic OH excluding ortho intramolecular Hbond substituents is 3. The van der Waals surface area contributed by atoms with Gasteiger partial charge in [0, 0.05) is 76.8 Å². The number of primary amides is 3. The van der Waals surface area contributed by atoms with Crippen LogP contribution in [0.3, 0.4) is 0 Å². The van der Waals surface area contributed by atoms with Gasteiger partial charge >= 0.3 is 24.1 Å². The molecule has 14 atom stereocenters. The highest BCUT2D eigenvalue weighted by atomic mass is 16.7. The number of Topliss-reactive ketones (excluding diaryl/α,β-unsaturated/α-hetero) is 9. The fourth-order valence-corrected chi connectivity index (χ4v) is 19.9. The predicted molar refractivity (Wildman–Crippen MR) is 469 cm³/mol. The summed E-state index contributed by atoms with van der Waals surface area (Å²) in [5, 5.41) is 134. The van der Waals surface area contributed by atoms with Crippen LogP contribution in [0, 0.1) is 46.3 Å². The van der Waals surface area contributed by atoms with Gasteiger partial charge in [0.05, 0.1) is 65.3 Å². The van der Waals surface area contributed by atoms with Crippen LogP contribution < -0.4 is 17.2 Å². The normalized spacial score (nSPS) is 26.3. The van der Waals surface area contributed by atoms with Crippen molar-refractivity contribution in [3.63, 3.8) is 0 Å². The van der Waals surface area contributed by atoms with Crippen molar-refractivity contribution < 1.29 is 157 Å². The highest BCUT2D eigenvalue weighted by molar-refractivity contribution is 6.27. The Morgan fingerprint density at radius 3 is 1.02 bits per heavy atom. The highest BCUT2D eigenvalue weighted by Gasteiger charge is 2.68. The van der Waals surface area contributed by atoms with E-state index in [1.807, 2.05) is 30.9 Å². The van der Waals surface area contributed by atoms with Gasteiger partial charge in [-0.1, -0.05) is 18.2 Å². The molecular formula is C93H109N9O32. The molecule has 41 nitrogen and oxygen atoms in total. The molecule has 1 aliphatic heterocycles. The van der Waals surface area contributed by atoms with Gasteiger partial charge in [-0.25, -0.2) is 9.59 Å². The van der Waals surface area contributed by atoms with Gasteiger partial charge in [0.15, 0.2) is 51.5 Å². The van der Waals surface area contributed by atoms with E-state index in [1.54, 1.807) is 41.5 Å². The van der Waals surface area contributed by atoms with Crippen LogP contribution in [0.15, 0.2) is 112 Å². The second kappa shape index (κ2) is 37.1. The van der Waals surface area contributed by atoms with Crippen molar-refractivity contribution in [2.75, 3.05) is 89.1 Å². The molecule has 3 aromatic carbocycles. The fraction of sp³-hybridized carbons (Fsp3) is 0.462. The van der Waals surface area contributed by atoms with E-state index in [2.05, 4.69) is 6.58 Å². The monoisotopic (exact) mass is 1860 g/mol. The lowest BCUT2D eigenvalue weighted by atomic mass is 9.57. The van der Waals surface area contributed by atoms with Crippen LogP contribution in [0.5, 0.6) is 17.2 Å². The van der Waals surface area contributed by atoms with Crippen molar-refractivity contribution in [1.82, 2.24) is 29.4 Å². The number of fused-ring (bicyclic) bond motifs is 9. The second-order valence-corrected chi connectivity index (χ2v) is 37.6. The summed E-state index contributed by atoms with van der Waals surface area (Å²) in [5.41, 5.74) is 2.66. The van der Waals surface area contributed by atoms with Crippen LogP contribution in [-0.4, -0.2) is 321 Å². The smallest absolute Gasteiger partial charge is 0.413 e. The molecule has 3 fully saturated rings. The number of likely N-dealkylation sites (N-methyl/N-ethyl adjacent to an activating group) is 4. The number of nitrogens with two attached hydrogens (primary N) is 3. The number of aliphatic hydroxyl groups is 9. The Labute approximate surface area is 767 Å². The van der Waals surface area contributed by atoms with E-state index in [9.17, 15) is 138 Å². The average molecular weight is 1860 g/mol. The lowest BCUT2D eigenvalue weighted by Crippen LogP contribution is -2.65. The molecular weight excluding hydrogens is 1760 g/mol. The van der Waals surface area contributed by atoms with E-state index >= 15 is 0 Å². The van der Waals surface area contributed by atoms with Crippen molar-refractivity contribution in [2.24, 2.45) is 63.5 Å². The van der Waals surface area contributed by atoms with Gasteiger partial charge in [-0.3, -0.25) is 91.6 Å². The number of carbonyl (C=O) groups excluding carboxylic acids is 16. The van der Waals surface area contributed by atoms with Gasteiger partial charge in [-0.15, -0.1) is 6.58 Å². The number of phenols is 3. The quantitative estimate of drug-likeness (QED) is 0.0240. The Kier molecular flexibility index (Phi) is 28.0. The first kappa shape index (κ1) is 101. The Morgan fingerprint density at radius 2 is 0.739 bits per heavy atom. The third-order valence-electron chi connectivity index (χ3n) is 26.4. The van der Waals surface area contributed by atoms with E-state index in [0.29, 0.717) is 11.1 Å². The Balaban J connectivity index is 0.000000194. The van der Waals surface area contributed by atoms with Crippen LogP contribution in [-0.2, 0) is 90.9 Å². The molecule has 18 N–H and O–H groups in total. The van der Waals surface area contributed by atoms with Gasteiger partial charge in [-0.05, 0) is 207 Å². The molecule has 9 aliphatic carbocycles. The molecule has 3 aromatic rings. The number of benzene rings is 3. The van der Waals surface area contributed by atoms with E-state index in [4.69, 9.17) is 36.1 Å². The summed E-state index contributed by atoms with van der Waals surface area (Å²) in [5.74, 6) is -26.1. The number of rotatable bonds is 21. The molecule has 1 heterocycles. The number of nitrogens with zero attached hydrogens (tertiary/aromatic N) is 6. The SMILES string of the molecule is C=CCN(CC(=O)c1ccc(O)c2c1C[C@H]1C[C@H]3[C@H](N(C)C)C(=O)C(C(N)=O)=C(O)[C@@]3(O)C(=O)C1=C2O)C(=O)OCOC(=O)C(C)(C)C.CC1C=CC(C)N1CC(=O)c1ccc(O)c2c1C[C@H]1C[C@H]3[C@@H](N(C)C)C(=O)C(C(N)=O)=C(O)[C@@]3(O)C(=O)C1=C2O.CN(CC(=O)c1ccc(O)c2c1C[C@H]1C[C@H]3[C@H](N(C)C)C(=O)C(C(N)=O)=C(O)[C@@]3(O)C(=O)C1=C2O)C(=O)OCOC(=O)C(C)(C)C. The molecule has 3 saturated carbocycles. The number of ketones is 9. The third kappa shape index (κ3) is 17.3. The van der Waals surface area contributed by atoms with Gasteiger partial charge < -0.3 is 102 Å². The molecule has 134 heavy (non-hydrogen) atoms. The van der Waals surface area contributed by atoms with Crippen LogP contribution in [0.25, 0.3) is 17.3 Å². The minimum Gasteiger partial charge on any atom is -0.508 e. The molecule has 13 rings (SSSR count). The molecule has 0 saturated heterocycles. The third-order valence-corrected chi connectivity index (χ3v) is 26.4. The van der Waals surface area contributed by atoms with Crippen molar-refractivity contribution in [1.29, 1.82) is 0 Å². The summed E-state index contributed by atoms with van der Waals surface area (Å²) in [6.45, 7) is 14.8. The number of amides is 5. The van der Waals surface area contributed by atoms with Crippen molar-refractivity contribution >= 4 is 111 Å². The zero-order valence-corrected chi connectivity index (χ0v) is 76.2. The largest absolute Gasteiger partial charge is 0.508 e. The average Bonchev–Trinajstić information content (AvgIpc) is 0.791. The molecule has 0 bridgehead atoms. The number of aromatic hydroxyl groups is 3.